The van der Waals surface area contributed by atoms with Crippen LogP contribution in [0.15, 0.2) is 36.5 Å². The van der Waals surface area contributed by atoms with Crippen molar-refractivity contribution in [3.05, 3.63) is 52.8 Å². The van der Waals surface area contributed by atoms with Gasteiger partial charge in [-0.3, -0.25) is 9.78 Å². The minimum absolute atomic E-state index is 0.247. The normalized spacial score (nSPS) is 10.2. The number of benzene rings is 1. The van der Waals surface area contributed by atoms with Crippen molar-refractivity contribution in [2.75, 3.05) is 12.4 Å². The zero-order valence-corrected chi connectivity index (χ0v) is 11.6. The molecule has 2 rings (SSSR count). The molecule has 0 aliphatic carbocycles. The van der Waals surface area contributed by atoms with Crippen LogP contribution in [0.5, 0.6) is 5.75 Å². The van der Waals surface area contributed by atoms with E-state index >= 15 is 0 Å². The summed E-state index contributed by atoms with van der Waals surface area (Å²) in [5.74, 6) is 0.308. The Hall–Kier alpha value is -2.11. The zero-order chi connectivity index (χ0) is 14.5. The number of halogens is 1. The maximum absolute atomic E-state index is 12.1. The van der Waals surface area contributed by atoms with Gasteiger partial charge in [-0.1, -0.05) is 11.6 Å². The van der Waals surface area contributed by atoms with Crippen molar-refractivity contribution in [3.63, 3.8) is 0 Å². The van der Waals surface area contributed by atoms with Gasteiger partial charge in [-0.15, -0.1) is 0 Å². The smallest absolute Gasteiger partial charge is 0.255 e. The van der Waals surface area contributed by atoms with E-state index in [1.54, 1.807) is 36.5 Å². The number of nitrogens with one attached hydrogen (secondary N) is 1. The second kappa shape index (κ2) is 6.36. The summed E-state index contributed by atoms with van der Waals surface area (Å²) in [5, 5.41) is 3.19. The van der Waals surface area contributed by atoms with Crippen molar-refractivity contribution in [1.29, 1.82) is 0 Å². The first kappa shape index (κ1) is 14.3. The number of aromatic nitrogens is 1. The monoisotopic (exact) mass is 291 g/mol. The number of nitrogens with two attached hydrogens (primary N) is 1. The Kier molecular flexibility index (Phi) is 4.55. The molecule has 0 saturated carbocycles. The first-order valence-corrected chi connectivity index (χ1v) is 6.31. The molecule has 0 atom stereocenters. The highest BCUT2D eigenvalue weighted by molar-refractivity contribution is 6.32. The largest absolute Gasteiger partial charge is 0.495 e. The molecule has 20 heavy (non-hydrogen) atoms. The lowest BCUT2D eigenvalue weighted by Crippen LogP contribution is -2.13. The fraction of sp³-hybridized carbons (Fsp3) is 0.143. The molecule has 0 fully saturated rings. The highest BCUT2D eigenvalue weighted by atomic mass is 35.5. The van der Waals surface area contributed by atoms with E-state index in [9.17, 15) is 4.79 Å². The van der Waals surface area contributed by atoms with Gasteiger partial charge in [0, 0.05) is 24.0 Å². The predicted molar refractivity (Wildman–Crippen MR) is 78.1 cm³/mol. The second-order valence-electron chi connectivity index (χ2n) is 4.04. The van der Waals surface area contributed by atoms with Gasteiger partial charge in [0.05, 0.1) is 17.8 Å². The van der Waals surface area contributed by atoms with Crippen molar-refractivity contribution < 1.29 is 9.53 Å². The molecule has 104 valence electrons. The van der Waals surface area contributed by atoms with Gasteiger partial charge in [0.2, 0.25) is 0 Å². The van der Waals surface area contributed by atoms with Crippen LogP contribution in [0, 0.1) is 0 Å². The number of carbonyl (C=O) groups is 1. The van der Waals surface area contributed by atoms with E-state index in [0.717, 1.165) is 0 Å². The predicted octanol–water partition coefficient (Wildman–Crippen LogP) is 2.45. The van der Waals surface area contributed by atoms with Gasteiger partial charge >= 0.3 is 0 Å². The van der Waals surface area contributed by atoms with Crippen molar-refractivity contribution in [1.82, 2.24) is 4.98 Å². The highest BCUT2D eigenvalue weighted by Gasteiger charge is 2.08. The Morgan fingerprint density at radius 3 is 2.85 bits per heavy atom. The first-order chi connectivity index (χ1) is 9.63. The van der Waals surface area contributed by atoms with Gasteiger partial charge in [0.1, 0.15) is 5.75 Å². The van der Waals surface area contributed by atoms with Crippen LogP contribution in [0.1, 0.15) is 16.1 Å². The fourth-order valence-electron chi connectivity index (χ4n) is 1.68. The molecule has 0 spiro atoms. The van der Waals surface area contributed by atoms with Crippen LogP contribution in [-0.4, -0.2) is 18.0 Å². The lowest BCUT2D eigenvalue weighted by atomic mass is 10.2. The van der Waals surface area contributed by atoms with Crippen LogP contribution in [-0.2, 0) is 6.54 Å². The molecule has 0 unspecified atom stereocenters. The van der Waals surface area contributed by atoms with E-state index in [4.69, 9.17) is 22.1 Å². The number of nitrogens with zero attached hydrogens (tertiary/aromatic N) is 1. The minimum Gasteiger partial charge on any atom is -0.495 e. The van der Waals surface area contributed by atoms with Gasteiger partial charge in [0.25, 0.3) is 5.91 Å². The van der Waals surface area contributed by atoms with Crippen molar-refractivity contribution in [2.45, 2.75) is 6.54 Å². The van der Waals surface area contributed by atoms with Gasteiger partial charge in [-0.2, -0.15) is 0 Å². The van der Waals surface area contributed by atoms with E-state index in [1.807, 2.05) is 0 Å². The third-order valence-electron chi connectivity index (χ3n) is 2.70. The average molecular weight is 292 g/mol. The van der Waals surface area contributed by atoms with E-state index in [2.05, 4.69) is 10.3 Å². The molecule has 6 heteroatoms. The molecule has 2 aromatic rings. The number of carbonyl (C=O) groups excluding carboxylic acids is 1. The third kappa shape index (κ3) is 3.26. The van der Waals surface area contributed by atoms with E-state index in [0.29, 0.717) is 27.7 Å². The van der Waals surface area contributed by atoms with Crippen LogP contribution in [0.25, 0.3) is 0 Å². The molecule has 0 aliphatic heterocycles. The summed E-state index contributed by atoms with van der Waals surface area (Å²) in [4.78, 5) is 16.1. The average Bonchev–Trinajstić information content (AvgIpc) is 2.47. The van der Waals surface area contributed by atoms with E-state index in [1.165, 1.54) is 7.11 Å². The van der Waals surface area contributed by atoms with E-state index in [-0.39, 0.29) is 12.5 Å². The minimum atomic E-state index is -0.247. The number of anilines is 1. The van der Waals surface area contributed by atoms with Crippen LogP contribution in [0.3, 0.4) is 0 Å². The molecular formula is C14H14ClN3O2. The number of methoxy groups -OCH3 is 1. The number of hydrogen-bond acceptors (Lipinski definition) is 4. The summed E-state index contributed by atoms with van der Waals surface area (Å²) in [7, 11) is 1.53. The number of ether oxygens (including phenoxy) is 1. The molecule has 5 nitrogen and oxygen atoms in total. The molecule has 0 radical (unpaired) electrons. The maximum atomic E-state index is 12.1. The molecular weight excluding hydrogens is 278 g/mol. The fourth-order valence-corrected chi connectivity index (χ4v) is 1.94. The topological polar surface area (TPSA) is 77.2 Å². The van der Waals surface area contributed by atoms with Gasteiger partial charge in [-0.25, -0.2) is 0 Å². The molecule has 0 bridgehead atoms. The van der Waals surface area contributed by atoms with Crippen LogP contribution in [0.2, 0.25) is 5.02 Å². The summed E-state index contributed by atoms with van der Waals surface area (Å²) in [6.45, 7) is 0.287. The van der Waals surface area contributed by atoms with Gasteiger partial charge < -0.3 is 15.8 Å². The van der Waals surface area contributed by atoms with Crippen molar-refractivity contribution in [3.8, 4) is 5.75 Å². The Bertz CT molecular complexity index is 632. The van der Waals surface area contributed by atoms with Crippen molar-refractivity contribution in [2.24, 2.45) is 5.73 Å². The second-order valence-corrected chi connectivity index (χ2v) is 4.45. The number of pyridine rings is 1. The summed E-state index contributed by atoms with van der Waals surface area (Å²) in [5.41, 5.74) is 7.24. The summed E-state index contributed by atoms with van der Waals surface area (Å²) in [6, 6.07) is 8.31. The van der Waals surface area contributed by atoms with Gasteiger partial charge in [0.15, 0.2) is 0 Å². The molecule has 1 aromatic heterocycles. The Balaban J connectivity index is 2.16. The van der Waals surface area contributed by atoms with Gasteiger partial charge in [-0.05, 0) is 30.3 Å². The molecule has 0 saturated heterocycles. The molecule has 1 aromatic carbocycles. The Morgan fingerprint density at radius 2 is 2.20 bits per heavy atom. The highest BCUT2D eigenvalue weighted by Crippen LogP contribution is 2.27. The summed E-state index contributed by atoms with van der Waals surface area (Å²) in [6.07, 6.45) is 1.55. The molecule has 3 N–H and O–H groups in total. The first-order valence-electron chi connectivity index (χ1n) is 5.94. The molecule has 0 aliphatic rings. The lowest BCUT2D eigenvalue weighted by molar-refractivity contribution is 0.102. The van der Waals surface area contributed by atoms with Crippen LogP contribution < -0.4 is 15.8 Å². The van der Waals surface area contributed by atoms with Crippen LogP contribution >= 0.6 is 11.6 Å². The zero-order valence-electron chi connectivity index (χ0n) is 10.9. The maximum Gasteiger partial charge on any atom is 0.255 e. The quantitative estimate of drug-likeness (QED) is 0.907. The number of amides is 1. The van der Waals surface area contributed by atoms with Crippen molar-refractivity contribution >= 4 is 23.2 Å². The number of hydrogen-bond donors (Lipinski definition) is 2. The van der Waals surface area contributed by atoms with E-state index < -0.39 is 0 Å². The Labute approximate surface area is 121 Å². The lowest BCUT2D eigenvalue weighted by Gasteiger charge is -2.08. The summed E-state index contributed by atoms with van der Waals surface area (Å²) >= 11 is 6.00. The SMILES string of the molecule is COc1ccc(NC(=O)c2ccnc(CN)c2)cc1Cl. The molecule has 1 heterocycles. The van der Waals surface area contributed by atoms with Crippen LogP contribution in [0.4, 0.5) is 5.69 Å². The molecule has 1 amide bonds. The third-order valence-corrected chi connectivity index (χ3v) is 2.99. The standard InChI is InChI=1S/C14H14ClN3O2/c1-20-13-3-2-10(7-12(13)15)18-14(19)9-4-5-17-11(6-9)8-16/h2-7H,8,16H2,1H3,(H,18,19). The Morgan fingerprint density at radius 1 is 1.40 bits per heavy atom. The summed E-state index contributed by atoms with van der Waals surface area (Å²) < 4.78 is 5.05. The number of rotatable bonds is 4.